The first kappa shape index (κ1) is 12.8. The van der Waals surface area contributed by atoms with Crippen molar-refractivity contribution in [2.45, 2.75) is 19.4 Å². The molecule has 82 valence electrons. The van der Waals surface area contributed by atoms with Gasteiger partial charge in [-0.25, -0.2) is 0 Å². The van der Waals surface area contributed by atoms with E-state index in [4.69, 9.17) is 11.6 Å². The highest BCUT2D eigenvalue weighted by atomic mass is 79.9. The zero-order chi connectivity index (χ0) is 11.3. The lowest BCUT2D eigenvalue weighted by Crippen LogP contribution is -2.28. The Kier molecular flexibility index (Phi) is 5.37. The van der Waals surface area contributed by atoms with Crippen molar-refractivity contribution < 1.29 is 0 Å². The van der Waals surface area contributed by atoms with Gasteiger partial charge in [0.15, 0.2) is 0 Å². The molecule has 0 amide bonds. The zero-order valence-electron chi connectivity index (χ0n) is 8.76. The second-order valence-electron chi connectivity index (χ2n) is 3.63. The summed E-state index contributed by atoms with van der Waals surface area (Å²) in [7, 11) is 0. The van der Waals surface area contributed by atoms with E-state index in [-0.39, 0.29) is 0 Å². The van der Waals surface area contributed by atoms with Crippen LogP contribution in [0.15, 0.2) is 40.3 Å². The summed E-state index contributed by atoms with van der Waals surface area (Å²) in [6.07, 6.45) is 0.997. The van der Waals surface area contributed by atoms with Crippen LogP contribution >= 0.6 is 27.5 Å². The monoisotopic (exact) mass is 287 g/mol. The fourth-order valence-corrected chi connectivity index (χ4v) is 1.67. The molecule has 3 heteroatoms. The first-order valence-corrected chi connectivity index (χ1v) is 6.06. The Labute approximate surface area is 105 Å². The van der Waals surface area contributed by atoms with Crippen LogP contribution in [-0.4, -0.2) is 12.6 Å². The maximum absolute atomic E-state index is 5.68. The number of benzene rings is 1. The Hall–Kier alpha value is -0.310. The molecular formula is C12H15BrClN. The van der Waals surface area contributed by atoms with Crippen LogP contribution in [0, 0.1) is 0 Å². The van der Waals surface area contributed by atoms with E-state index in [1.165, 1.54) is 5.56 Å². The number of halogens is 2. The van der Waals surface area contributed by atoms with E-state index in [0.29, 0.717) is 17.6 Å². The van der Waals surface area contributed by atoms with Crippen LogP contribution in [0.25, 0.3) is 0 Å². The van der Waals surface area contributed by atoms with Crippen molar-refractivity contribution in [3.8, 4) is 0 Å². The molecule has 0 heterocycles. The van der Waals surface area contributed by atoms with Gasteiger partial charge in [-0.15, -0.1) is 0 Å². The van der Waals surface area contributed by atoms with Crippen molar-refractivity contribution in [3.05, 3.63) is 45.9 Å². The Morgan fingerprint density at radius 2 is 2.07 bits per heavy atom. The van der Waals surface area contributed by atoms with Gasteiger partial charge in [0, 0.05) is 22.1 Å². The summed E-state index contributed by atoms with van der Waals surface area (Å²) in [5.41, 5.74) is 1.32. The molecule has 1 rings (SSSR count). The number of nitrogens with one attached hydrogen (secondary N) is 1. The van der Waals surface area contributed by atoms with Crippen LogP contribution in [-0.2, 0) is 6.42 Å². The van der Waals surface area contributed by atoms with Gasteiger partial charge in [0.1, 0.15) is 0 Å². The standard InChI is InChI=1S/C12H15BrClN/c1-9(14)8-15-10(2)7-11-3-5-12(13)6-4-11/h3-6,10,15H,1,7-8H2,2H3. The molecule has 0 saturated carbocycles. The van der Waals surface area contributed by atoms with Gasteiger partial charge in [0.05, 0.1) is 0 Å². The Morgan fingerprint density at radius 3 is 2.60 bits per heavy atom. The van der Waals surface area contributed by atoms with Crippen LogP contribution in [0.1, 0.15) is 12.5 Å². The van der Waals surface area contributed by atoms with Crippen LogP contribution in [0.3, 0.4) is 0 Å². The van der Waals surface area contributed by atoms with Gasteiger partial charge in [-0.2, -0.15) is 0 Å². The molecule has 0 spiro atoms. The second-order valence-corrected chi connectivity index (χ2v) is 5.08. The molecule has 1 N–H and O–H groups in total. The van der Waals surface area contributed by atoms with Crippen LogP contribution in [0.2, 0.25) is 0 Å². The smallest absolute Gasteiger partial charge is 0.0310 e. The van der Waals surface area contributed by atoms with Gasteiger partial charge in [-0.3, -0.25) is 0 Å². The molecule has 1 unspecified atom stereocenters. The molecule has 1 aromatic rings. The molecule has 0 aliphatic carbocycles. The van der Waals surface area contributed by atoms with Crippen LogP contribution in [0.4, 0.5) is 0 Å². The molecule has 0 aromatic heterocycles. The lowest BCUT2D eigenvalue weighted by molar-refractivity contribution is 0.578. The second kappa shape index (κ2) is 6.31. The predicted molar refractivity (Wildman–Crippen MR) is 70.3 cm³/mol. The summed E-state index contributed by atoms with van der Waals surface area (Å²) in [6, 6.07) is 8.77. The Morgan fingerprint density at radius 1 is 1.47 bits per heavy atom. The summed E-state index contributed by atoms with van der Waals surface area (Å²) >= 11 is 9.10. The third-order valence-electron chi connectivity index (χ3n) is 2.10. The molecule has 0 aliphatic heterocycles. The summed E-state index contributed by atoms with van der Waals surface area (Å²) < 4.78 is 1.11. The highest BCUT2D eigenvalue weighted by Crippen LogP contribution is 2.11. The van der Waals surface area contributed by atoms with Crippen LogP contribution < -0.4 is 5.32 Å². The highest BCUT2D eigenvalue weighted by Gasteiger charge is 2.02. The van der Waals surface area contributed by atoms with Crippen molar-refractivity contribution in [3.63, 3.8) is 0 Å². The number of hydrogen-bond acceptors (Lipinski definition) is 1. The average molecular weight is 289 g/mol. The van der Waals surface area contributed by atoms with E-state index in [9.17, 15) is 0 Å². The minimum absolute atomic E-state index is 0.404. The topological polar surface area (TPSA) is 12.0 Å². The van der Waals surface area contributed by atoms with E-state index in [0.717, 1.165) is 10.9 Å². The van der Waals surface area contributed by atoms with E-state index >= 15 is 0 Å². The Balaban J connectivity index is 2.40. The van der Waals surface area contributed by atoms with E-state index < -0.39 is 0 Å². The number of rotatable bonds is 5. The first-order chi connectivity index (χ1) is 7.08. The Bertz CT molecular complexity index is 321. The predicted octanol–water partition coefficient (Wildman–Crippen LogP) is 3.72. The normalized spacial score (nSPS) is 12.5. The maximum atomic E-state index is 5.68. The molecule has 15 heavy (non-hydrogen) atoms. The maximum Gasteiger partial charge on any atom is 0.0310 e. The summed E-state index contributed by atoms with van der Waals surface area (Å²) in [5, 5.41) is 3.95. The van der Waals surface area contributed by atoms with Gasteiger partial charge in [0.2, 0.25) is 0 Å². The van der Waals surface area contributed by atoms with Gasteiger partial charge in [-0.05, 0) is 31.0 Å². The molecule has 1 aromatic carbocycles. The largest absolute Gasteiger partial charge is 0.309 e. The zero-order valence-corrected chi connectivity index (χ0v) is 11.1. The fraction of sp³-hybridized carbons (Fsp3) is 0.333. The molecule has 0 fully saturated rings. The van der Waals surface area contributed by atoms with Gasteiger partial charge >= 0.3 is 0 Å². The third kappa shape index (κ3) is 5.36. The molecular weight excluding hydrogens is 273 g/mol. The van der Waals surface area contributed by atoms with Crippen molar-refractivity contribution in [2.75, 3.05) is 6.54 Å². The first-order valence-electron chi connectivity index (χ1n) is 4.89. The van der Waals surface area contributed by atoms with Crippen molar-refractivity contribution in [1.82, 2.24) is 5.32 Å². The third-order valence-corrected chi connectivity index (χ3v) is 2.76. The molecule has 0 aliphatic rings. The van der Waals surface area contributed by atoms with E-state index in [1.54, 1.807) is 0 Å². The minimum Gasteiger partial charge on any atom is -0.309 e. The van der Waals surface area contributed by atoms with Gasteiger partial charge in [0.25, 0.3) is 0 Å². The quantitative estimate of drug-likeness (QED) is 0.871. The van der Waals surface area contributed by atoms with E-state index in [1.807, 2.05) is 0 Å². The molecule has 0 bridgehead atoms. The fourth-order valence-electron chi connectivity index (χ4n) is 1.33. The highest BCUT2D eigenvalue weighted by molar-refractivity contribution is 9.10. The summed E-state index contributed by atoms with van der Waals surface area (Å²) in [6.45, 7) is 6.45. The molecule has 0 radical (unpaired) electrons. The van der Waals surface area contributed by atoms with Crippen molar-refractivity contribution in [1.29, 1.82) is 0 Å². The minimum atomic E-state index is 0.404. The van der Waals surface area contributed by atoms with Gasteiger partial charge < -0.3 is 5.32 Å². The summed E-state index contributed by atoms with van der Waals surface area (Å²) in [5.74, 6) is 0. The molecule has 0 saturated heterocycles. The van der Waals surface area contributed by atoms with Crippen molar-refractivity contribution in [2.24, 2.45) is 0 Å². The lowest BCUT2D eigenvalue weighted by atomic mass is 10.1. The van der Waals surface area contributed by atoms with Crippen molar-refractivity contribution >= 4 is 27.5 Å². The SMILES string of the molecule is C=C(Cl)CNC(C)Cc1ccc(Br)cc1. The molecule has 1 nitrogen and oxygen atoms in total. The summed E-state index contributed by atoms with van der Waals surface area (Å²) in [4.78, 5) is 0. The van der Waals surface area contributed by atoms with Gasteiger partial charge in [-0.1, -0.05) is 46.2 Å². The number of hydrogen-bond donors (Lipinski definition) is 1. The average Bonchev–Trinajstić information content (AvgIpc) is 2.19. The lowest BCUT2D eigenvalue weighted by Gasteiger charge is -2.13. The van der Waals surface area contributed by atoms with Crippen LogP contribution in [0.5, 0.6) is 0 Å². The molecule has 1 atom stereocenters. The van der Waals surface area contributed by atoms with E-state index in [2.05, 4.69) is 59.0 Å².